The number of rotatable bonds is 0. The third-order valence-corrected chi connectivity index (χ3v) is 6.54. The van der Waals surface area contributed by atoms with E-state index in [4.69, 9.17) is 0 Å². The van der Waals surface area contributed by atoms with Crippen molar-refractivity contribution in [2.45, 2.75) is 45.4 Å². The molecule has 3 aromatic carbocycles. The fraction of sp³-hybridized carbons (Fsp3) is 0.280. The van der Waals surface area contributed by atoms with E-state index in [2.05, 4.69) is 100 Å². The summed E-state index contributed by atoms with van der Waals surface area (Å²) in [5.41, 5.74) is 11.1. The van der Waals surface area contributed by atoms with Crippen molar-refractivity contribution in [1.29, 1.82) is 0 Å². The standard InChI is InChI=1S/C25H25N/c1-16-14-15-19-23-22(16)25(4,5)18-11-7-9-13-21(18)26(23)20-12-8-6-10-17(20)24(19,2)3/h6-15H,1-5H3. The van der Waals surface area contributed by atoms with E-state index < -0.39 is 0 Å². The zero-order valence-electron chi connectivity index (χ0n) is 16.2. The van der Waals surface area contributed by atoms with Gasteiger partial charge in [-0.1, -0.05) is 76.2 Å². The highest BCUT2D eigenvalue weighted by Crippen LogP contribution is 2.60. The highest BCUT2D eigenvalue weighted by molar-refractivity contribution is 5.93. The zero-order chi connectivity index (χ0) is 18.3. The highest BCUT2D eigenvalue weighted by atomic mass is 15.2. The van der Waals surface area contributed by atoms with Crippen LogP contribution in [-0.2, 0) is 10.8 Å². The van der Waals surface area contributed by atoms with Crippen LogP contribution in [0.15, 0.2) is 60.7 Å². The summed E-state index contributed by atoms with van der Waals surface area (Å²) in [5, 5.41) is 0. The summed E-state index contributed by atoms with van der Waals surface area (Å²) in [6, 6.07) is 22.5. The average molecular weight is 339 g/mol. The molecule has 130 valence electrons. The molecule has 0 bridgehead atoms. The maximum Gasteiger partial charge on any atom is 0.0546 e. The Labute approximate surface area is 156 Å². The molecule has 0 unspecified atom stereocenters. The molecule has 0 N–H and O–H groups in total. The Balaban J connectivity index is 2.00. The molecule has 0 amide bonds. The van der Waals surface area contributed by atoms with E-state index in [-0.39, 0.29) is 10.8 Å². The number of benzene rings is 3. The van der Waals surface area contributed by atoms with Gasteiger partial charge in [-0.3, -0.25) is 0 Å². The van der Waals surface area contributed by atoms with Crippen molar-refractivity contribution in [2.75, 3.05) is 4.90 Å². The predicted octanol–water partition coefficient (Wildman–Crippen LogP) is 6.74. The largest absolute Gasteiger partial charge is 0.309 e. The summed E-state index contributed by atoms with van der Waals surface area (Å²) in [7, 11) is 0. The minimum absolute atomic E-state index is 0.00671. The van der Waals surface area contributed by atoms with Gasteiger partial charge < -0.3 is 4.90 Å². The molecule has 0 spiro atoms. The van der Waals surface area contributed by atoms with Gasteiger partial charge in [0, 0.05) is 10.8 Å². The van der Waals surface area contributed by atoms with Gasteiger partial charge in [-0.15, -0.1) is 0 Å². The first-order valence-corrected chi connectivity index (χ1v) is 9.49. The summed E-state index contributed by atoms with van der Waals surface area (Å²) in [6.07, 6.45) is 0. The van der Waals surface area contributed by atoms with Gasteiger partial charge in [-0.25, -0.2) is 0 Å². The Morgan fingerprint density at radius 3 is 1.77 bits per heavy atom. The monoisotopic (exact) mass is 339 g/mol. The quantitative estimate of drug-likeness (QED) is 0.438. The molecule has 0 saturated heterocycles. The summed E-state index contributed by atoms with van der Waals surface area (Å²) >= 11 is 0. The van der Waals surface area contributed by atoms with E-state index in [0.717, 1.165) is 0 Å². The minimum Gasteiger partial charge on any atom is -0.309 e. The van der Waals surface area contributed by atoms with E-state index in [9.17, 15) is 0 Å². The molecular weight excluding hydrogens is 314 g/mol. The van der Waals surface area contributed by atoms with E-state index in [1.165, 1.54) is 44.9 Å². The number of para-hydroxylation sites is 2. The molecule has 1 nitrogen and oxygen atoms in total. The van der Waals surface area contributed by atoms with Crippen LogP contribution >= 0.6 is 0 Å². The van der Waals surface area contributed by atoms with Gasteiger partial charge in [0.05, 0.1) is 17.1 Å². The third kappa shape index (κ3) is 1.71. The van der Waals surface area contributed by atoms with Crippen molar-refractivity contribution in [1.82, 2.24) is 0 Å². The van der Waals surface area contributed by atoms with Crippen molar-refractivity contribution in [3.05, 3.63) is 88.5 Å². The molecule has 2 aliphatic heterocycles. The molecule has 0 aromatic heterocycles. The SMILES string of the molecule is Cc1ccc2c3c1C(C)(C)c1ccccc1N3c1ccccc1C2(C)C. The molecule has 0 radical (unpaired) electrons. The summed E-state index contributed by atoms with van der Waals surface area (Å²) in [5.74, 6) is 0. The second-order valence-corrected chi connectivity index (χ2v) is 8.77. The molecular formula is C25H25N. The molecule has 0 aliphatic carbocycles. The molecule has 0 saturated carbocycles. The van der Waals surface area contributed by atoms with Crippen LogP contribution in [0.1, 0.15) is 55.5 Å². The fourth-order valence-corrected chi connectivity index (χ4v) is 5.26. The Morgan fingerprint density at radius 1 is 0.615 bits per heavy atom. The van der Waals surface area contributed by atoms with Crippen LogP contribution in [0.4, 0.5) is 17.1 Å². The van der Waals surface area contributed by atoms with Crippen molar-refractivity contribution in [3.63, 3.8) is 0 Å². The lowest BCUT2D eigenvalue weighted by Crippen LogP contribution is -2.38. The van der Waals surface area contributed by atoms with Crippen molar-refractivity contribution < 1.29 is 0 Å². The van der Waals surface area contributed by atoms with Crippen LogP contribution in [0.25, 0.3) is 0 Å². The molecule has 3 aromatic rings. The van der Waals surface area contributed by atoms with Crippen LogP contribution in [0.3, 0.4) is 0 Å². The van der Waals surface area contributed by atoms with Gasteiger partial charge in [0.25, 0.3) is 0 Å². The maximum atomic E-state index is 2.51. The minimum atomic E-state index is -0.00904. The van der Waals surface area contributed by atoms with Crippen molar-refractivity contribution in [2.24, 2.45) is 0 Å². The van der Waals surface area contributed by atoms with E-state index in [1.54, 1.807) is 0 Å². The number of aryl methyl sites for hydroxylation is 1. The average Bonchev–Trinajstić information content (AvgIpc) is 2.61. The number of hydrogen-bond donors (Lipinski definition) is 0. The molecule has 0 atom stereocenters. The lowest BCUT2D eigenvalue weighted by molar-refractivity contribution is 0.594. The molecule has 2 heterocycles. The van der Waals surface area contributed by atoms with E-state index in [1.807, 2.05) is 0 Å². The van der Waals surface area contributed by atoms with Gasteiger partial charge in [-0.2, -0.15) is 0 Å². The van der Waals surface area contributed by atoms with Crippen molar-refractivity contribution >= 4 is 17.1 Å². The Hall–Kier alpha value is -2.54. The molecule has 1 heteroatoms. The van der Waals surface area contributed by atoms with Crippen molar-refractivity contribution in [3.8, 4) is 0 Å². The van der Waals surface area contributed by atoms with Gasteiger partial charge in [-0.05, 0) is 46.9 Å². The number of anilines is 3. The smallest absolute Gasteiger partial charge is 0.0546 e. The van der Waals surface area contributed by atoms with Crippen LogP contribution in [0.5, 0.6) is 0 Å². The molecule has 2 aliphatic rings. The lowest BCUT2D eigenvalue weighted by atomic mass is 9.65. The Kier molecular flexibility index (Phi) is 2.89. The van der Waals surface area contributed by atoms with E-state index in [0.29, 0.717) is 0 Å². The van der Waals surface area contributed by atoms with Crippen LogP contribution < -0.4 is 4.90 Å². The zero-order valence-corrected chi connectivity index (χ0v) is 16.2. The van der Waals surface area contributed by atoms with Gasteiger partial charge >= 0.3 is 0 Å². The number of fused-ring (bicyclic) bond motifs is 4. The Morgan fingerprint density at radius 2 is 1.15 bits per heavy atom. The highest BCUT2D eigenvalue weighted by Gasteiger charge is 2.45. The van der Waals surface area contributed by atoms with Gasteiger partial charge in [0.2, 0.25) is 0 Å². The van der Waals surface area contributed by atoms with Crippen LogP contribution in [0.2, 0.25) is 0 Å². The number of hydrogen-bond acceptors (Lipinski definition) is 1. The fourth-order valence-electron chi connectivity index (χ4n) is 5.26. The Bertz CT molecular complexity index is 1040. The topological polar surface area (TPSA) is 3.24 Å². The first-order valence-electron chi connectivity index (χ1n) is 9.49. The molecule has 0 fully saturated rings. The maximum absolute atomic E-state index is 2.51. The lowest BCUT2D eigenvalue weighted by Gasteiger charge is -2.50. The normalized spacial score (nSPS) is 18.0. The van der Waals surface area contributed by atoms with E-state index >= 15 is 0 Å². The van der Waals surface area contributed by atoms with Crippen LogP contribution in [-0.4, -0.2) is 0 Å². The first kappa shape index (κ1) is 15.7. The summed E-state index contributed by atoms with van der Waals surface area (Å²) in [4.78, 5) is 2.51. The molecule has 5 rings (SSSR count). The van der Waals surface area contributed by atoms with Gasteiger partial charge in [0.15, 0.2) is 0 Å². The second kappa shape index (κ2) is 4.79. The third-order valence-electron chi connectivity index (χ3n) is 6.54. The second-order valence-electron chi connectivity index (χ2n) is 8.77. The van der Waals surface area contributed by atoms with Crippen LogP contribution in [0, 0.1) is 6.92 Å². The van der Waals surface area contributed by atoms with Gasteiger partial charge in [0.1, 0.15) is 0 Å². The predicted molar refractivity (Wildman–Crippen MR) is 110 cm³/mol. The molecule has 26 heavy (non-hydrogen) atoms. The first-order chi connectivity index (χ1) is 12.3. The number of nitrogens with zero attached hydrogens (tertiary/aromatic N) is 1. The summed E-state index contributed by atoms with van der Waals surface area (Å²) in [6.45, 7) is 11.7. The summed E-state index contributed by atoms with van der Waals surface area (Å²) < 4.78 is 0.